The quantitative estimate of drug-likeness (QED) is 0.465. The Morgan fingerprint density at radius 1 is 1.03 bits per heavy atom. The minimum Gasteiger partial charge on any atom is -0.497 e. The number of rotatable bonds is 8. The van der Waals surface area contributed by atoms with Gasteiger partial charge in [0, 0.05) is 17.5 Å². The van der Waals surface area contributed by atoms with Gasteiger partial charge >= 0.3 is 0 Å². The Labute approximate surface area is 197 Å². The lowest BCUT2D eigenvalue weighted by atomic mass is 9.95. The van der Waals surface area contributed by atoms with Gasteiger partial charge in [0.05, 0.1) is 12.0 Å². The molecule has 2 aromatic heterocycles. The van der Waals surface area contributed by atoms with Crippen LogP contribution < -0.4 is 10.1 Å². The Balaban J connectivity index is 1.66. The van der Waals surface area contributed by atoms with Crippen LogP contribution in [0.1, 0.15) is 58.3 Å². The van der Waals surface area contributed by atoms with Crippen LogP contribution in [0.15, 0.2) is 59.3 Å². The average molecular weight is 469 g/mol. The molecular formula is C25H28N2O3S2. The summed E-state index contributed by atoms with van der Waals surface area (Å²) in [5.41, 5.74) is 0.947. The van der Waals surface area contributed by atoms with Crippen molar-refractivity contribution in [1.82, 2.24) is 10.2 Å². The molecule has 0 unspecified atom stereocenters. The molecule has 7 heteroatoms. The minimum atomic E-state index is -0.673. The molecule has 32 heavy (non-hydrogen) atoms. The molecule has 1 fully saturated rings. The second kappa shape index (κ2) is 10.8. The standard InChI is InChI=1S/C25H28N2O3S2/c1-30-20-13-11-18(12-14-20)17-27(25(29)22-10-6-16-32-22)23(21-9-5-15-31-21)24(28)26-19-7-3-2-4-8-19/h5-6,9-16,19,23H,2-4,7-8,17H2,1H3,(H,26,28)/t23-/m0/s1. The summed E-state index contributed by atoms with van der Waals surface area (Å²) in [6.07, 6.45) is 5.50. The van der Waals surface area contributed by atoms with Gasteiger partial charge in [-0.25, -0.2) is 0 Å². The van der Waals surface area contributed by atoms with E-state index in [1.807, 2.05) is 59.3 Å². The number of carbonyl (C=O) groups excluding carboxylic acids is 2. The zero-order valence-electron chi connectivity index (χ0n) is 18.2. The summed E-state index contributed by atoms with van der Waals surface area (Å²) in [4.78, 5) is 30.4. The molecule has 2 amide bonds. The molecule has 1 atom stereocenters. The number of hydrogen-bond donors (Lipinski definition) is 1. The van der Waals surface area contributed by atoms with Gasteiger partial charge in [0.25, 0.3) is 5.91 Å². The van der Waals surface area contributed by atoms with Crippen LogP contribution in [0, 0.1) is 0 Å². The van der Waals surface area contributed by atoms with E-state index in [1.165, 1.54) is 29.1 Å². The topological polar surface area (TPSA) is 58.6 Å². The van der Waals surface area contributed by atoms with E-state index in [-0.39, 0.29) is 17.9 Å². The SMILES string of the molecule is COc1ccc(CN(C(=O)c2cccs2)[C@H](C(=O)NC2CCCCC2)c2cccs2)cc1. The second-order valence-electron chi connectivity index (χ2n) is 8.02. The van der Waals surface area contributed by atoms with Crippen molar-refractivity contribution in [2.75, 3.05) is 7.11 Å². The number of amides is 2. The summed E-state index contributed by atoms with van der Waals surface area (Å²) in [7, 11) is 1.63. The highest BCUT2D eigenvalue weighted by Gasteiger charge is 2.34. The molecule has 1 aliphatic carbocycles. The maximum atomic E-state index is 13.6. The molecule has 1 aromatic carbocycles. The second-order valence-corrected chi connectivity index (χ2v) is 9.95. The van der Waals surface area contributed by atoms with Crippen molar-refractivity contribution in [3.63, 3.8) is 0 Å². The highest BCUT2D eigenvalue weighted by atomic mass is 32.1. The number of ether oxygens (including phenoxy) is 1. The van der Waals surface area contributed by atoms with Gasteiger partial charge in [-0.05, 0) is 53.4 Å². The van der Waals surface area contributed by atoms with Crippen LogP contribution in [0.2, 0.25) is 0 Å². The number of hydrogen-bond acceptors (Lipinski definition) is 5. The lowest BCUT2D eigenvalue weighted by Crippen LogP contribution is -2.46. The molecule has 0 bridgehead atoms. The molecule has 3 aromatic rings. The molecule has 168 valence electrons. The van der Waals surface area contributed by atoms with Crippen molar-refractivity contribution in [1.29, 1.82) is 0 Å². The van der Waals surface area contributed by atoms with Crippen LogP contribution in [0.5, 0.6) is 5.75 Å². The summed E-state index contributed by atoms with van der Waals surface area (Å²) < 4.78 is 5.27. The molecular weight excluding hydrogens is 440 g/mol. The van der Waals surface area contributed by atoms with Crippen molar-refractivity contribution >= 4 is 34.5 Å². The Morgan fingerprint density at radius 2 is 1.75 bits per heavy atom. The zero-order chi connectivity index (χ0) is 22.3. The summed E-state index contributed by atoms with van der Waals surface area (Å²) in [6, 6.07) is 14.7. The fourth-order valence-corrected chi connectivity index (χ4v) is 5.66. The van der Waals surface area contributed by atoms with Crippen molar-refractivity contribution in [3.8, 4) is 5.75 Å². The first kappa shape index (κ1) is 22.6. The maximum absolute atomic E-state index is 13.6. The van der Waals surface area contributed by atoms with Crippen molar-refractivity contribution in [2.45, 2.75) is 50.7 Å². The van der Waals surface area contributed by atoms with E-state index < -0.39 is 6.04 Å². The van der Waals surface area contributed by atoms with E-state index in [1.54, 1.807) is 12.0 Å². The molecule has 5 nitrogen and oxygen atoms in total. The summed E-state index contributed by atoms with van der Waals surface area (Å²) >= 11 is 2.91. The molecule has 0 spiro atoms. The average Bonchev–Trinajstić information content (AvgIpc) is 3.54. The van der Waals surface area contributed by atoms with E-state index in [0.29, 0.717) is 11.4 Å². The van der Waals surface area contributed by atoms with Crippen LogP contribution in [0.4, 0.5) is 0 Å². The normalized spacial score (nSPS) is 15.2. The van der Waals surface area contributed by atoms with Crippen molar-refractivity contribution in [3.05, 3.63) is 74.6 Å². The van der Waals surface area contributed by atoms with Gasteiger partial charge in [-0.3, -0.25) is 9.59 Å². The number of benzene rings is 1. The maximum Gasteiger partial charge on any atom is 0.265 e. The highest BCUT2D eigenvalue weighted by molar-refractivity contribution is 7.12. The van der Waals surface area contributed by atoms with Gasteiger partial charge in [0.2, 0.25) is 5.91 Å². The Kier molecular flexibility index (Phi) is 7.60. The van der Waals surface area contributed by atoms with Gasteiger partial charge in [-0.1, -0.05) is 43.5 Å². The first-order chi connectivity index (χ1) is 15.7. The fourth-order valence-electron chi connectivity index (χ4n) is 4.15. The Bertz CT molecular complexity index is 995. The smallest absolute Gasteiger partial charge is 0.265 e. The first-order valence-electron chi connectivity index (χ1n) is 11.0. The summed E-state index contributed by atoms with van der Waals surface area (Å²) in [6.45, 7) is 0.335. The van der Waals surface area contributed by atoms with Crippen LogP contribution in [-0.2, 0) is 11.3 Å². The van der Waals surface area contributed by atoms with Gasteiger partial charge in [-0.15, -0.1) is 22.7 Å². The van der Waals surface area contributed by atoms with Gasteiger partial charge in [0.1, 0.15) is 11.8 Å². The van der Waals surface area contributed by atoms with Crippen LogP contribution >= 0.6 is 22.7 Å². The third-order valence-electron chi connectivity index (χ3n) is 5.83. The van der Waals surface area contributed by atoms with Gasteiger partial charge < -0.3 is 15.0 Å². The minimum absolute atomic E-state index is 0.0993. The monoisotopic (exact) mass is 468 g/mol. The molecule has 1 saturated carbocycles. The predicted molar refractivity (Wildman–Crippen MR) is 129 cm³/mol. The van der Waals surface area contributed by atoms with E-state index >= 15 is 0 Å². The first-order valence-corrected chi connectivity index (χ1v) is 12.7. The molecule has 1 aliphatic rings. The molecule has 1 N–H and O–H groups in total. The fraction of sp³-hybridized carbons (Fsp3) is 0.360. The Hall–Kier alpha value is -2.64. The zero-order valence-corrected chi connectivity index (χ0v) is 19.8. The largest absolute Gasteiger partial charge is 0.497 e. The van der Waals surface area contributed by atoms with Crippen LogP contribution in [0.25, 0.3) is 0 Å². The molecule has 0 saturated heterocycles. The van der Waals surface area contributed by atoms with E-state index in [2.05, 4.69) is 5.32 Å². The number of carbonyl (C=O) groups is 2. The number of nitrogens with zero attached hydrogens (tertiary/aromatic N) is 1. The Morgan fingerprint density at radius 3 is 2.38 bits per heavy atom. The third kappa shape index (κ3) is 5.40. The van der Waals surface area contributed by atoms with Crippen molar-refractivity contribution in [2.24, 2.45) is 0 Å². The molecule has 0 aliphatic heterocycles. The van der Waals surface area contributed by atoms with Gasteiger partial charge in [0.15, 0.2) is 0 Å². The van der Waals surface area contributed by atoms with E-state index in [0.717, 1.165) is 41.9 Å². The number of nitrogens with one attached hydrogen (secondary N) is 1. The van der Waals surface area contributed by atoms with Crippen molar-refractivity contribution < 1.29 is 14.3 Å². The summed E-state index contributed by atoms with van der Waals surface area (Å²) in [5, 5.41) is 7.09. The lowest BCUT2D eigenvalue weighted by Gasteiger charge is -2.32. The highest BCUT2D eigenvalue weighted by Crippen LogP contribution is 2.31. The number of thiophene rings is 2. The molecule has 0 radical (unpaired) electrons. The third-order valence-corrected chi connectivity index (χ3v) is 7.61. The summed E-state index contributed by atoms with van der Waals surface area (Å²) in [5.74, 6) is 0.528. The van der Waals surface area contributed by atoms with Gasteiger partial charge in [-0.2, -0.15) is 0 Å². The predicted octanol–water partition coefficient (Wildman–Crippen LogP) is 5.65. The lowest BCUT2D eigenvalue weighted by molar-refractivity contribution is -0.127. The molecule has 4 rings (SSSR count). The van der Waals surface area contributed by atoms with E-state index in [9.17, 15) is 9.59 Å². The number of methoxy groups -OCH3 is 1. The van der Waals surface area contributed by atoms with Crippen LogP contribution in [-0.4, -0.2) is 29.9 Å². The van der Waals surface area contributed by atoms with E-state index in [4.69, 9.17) is 4.74 Å². The van der Waals surface area contributed by atoms with Crippen LogP contribution in [0.3, 0.4) is 0 Å². The molecule has 2 heterocycles.